The van der Waals surface area contributed by atoms with Crippen LogP contribution in [0.5, 0.6) is 11.6 Å². The second-order valence-electron chi connectivity index (χ2n) is 4.14. The Balaban J connectivity index is 2.39. The van der Waals surface area contributed by atoms with Gasteiger partial charge in [-0.15, -0.1) is 0 Å². The molecule has 3 nitrogen and oxygen atoms in total. The highest BCUT2D eigenvalue weighted by Gasteiger charge is 2.10. The first-order valence-electron chi connectivity index (χ1n) is 5.41. The summed E-state index contributed by atoms with van der Waals surface area (Å²) < 4.78 is 5.71. The predicted molar refractivity (Wildman–Crippen MR) is 72.8 cm³/mol. The van der Waals surface area contributed by atoms with Gasteiger partial charge >= 0.3 is 0 Å². The van der Waals surface area contributed by atoms with E-state index < -0.39 is 0 Å². The number of halogens is 2. The lowest BCUT2D eigenvalue weighted by Crippen LogP contribution is -1.96. The average molecular weight is 283 g/mol. The molecule has 0 aliphatic rings. The molecule has 0 amide bonds. The van der Waals surface area contributed by atoms with E-state index in [1.165, 1.54) is 0 Å². The van der Waals surface area contributed by atoms with Gasteiger partial charge in [0.05, 0.1) is 0 Å². The van der Waals surface area contributed by atoms with Crippen molar-refractivity contribution in [1.82, 2.24) is 9.97 Å². The molecular formula is C13H12Cl2N2O. The van der Waals surface area contributed by atoms with E-state index in [1.54, 1.807) is 6.92 Å². The molecule has 2 rings (SSSR count). The number of ether oxygens (including phenoxy) is 1. The maximum absolute atomic E-state index is 5.93. The van der Waals surface area contributed by atoms with Gasteiger partial charge in [0.25, 0.3) is 0 Å². The summed E-state index contributed by atoms with van der Waals surface area (Å²) in [4.78, 5) is 7.89. The number of benzene rings is 1. The Morgan fingerprint density at radius 1 is 0.944 bits per heavy atom. The molecule has 0 radical (unpaired) electrons. The van der Waals surface area contributed by atoms with Crippen LogP contribution in [0.2, 0.25) is 10.4 Å². The molecule has 0 bridgehead atoms. The zero-order valence-electron chi connectivity index (χ0n) is 10.3. The van der Waals surface area contributed by atoms with Gasteiger partial charge < -0.3 is 4.74 Å². The first-order valence-corrected chi connectivity index (χ1v) is 6.17. The van der Waals surface area contributed by atoms with Crippen molar-refractivity contribution in [2.75, 3.05) is 0 Å². The first kappa shape index (κ1) is 13.1. The third-order valence-corrected chi connectivity index (χ3v) is 2.96. The summed E-state index contributed by atoms with van der Waals surface area (Å²) >= 11 is 11.7. The Morgan fingerprint density at radius 2 is 1.56 bits per heavy atom. The quantitative estimate of drug-likeness (QED) is 0.601. The fraction of sp³-hybridized carbons (Fsp3) is 0.231. The van der Waals surface area contributed by atoms with E-state index in [1.807, 2.05) is 26.0 Å². The van der Waals surface area contributed by atoms with E-state index in [2.05, 4.69) is 16.0 Å². The molecule has 0 unspecified atom stereocenters. The lowest BCUT2D eigenvalue weighted by molar-refractivity contribution is 0.457. The lowest BCUT2D eigenvalue weighted by Gasteiger charge is -2.10. The van der Waals surface area contributed by atoms with Gasteiger partial charge in [-0.2, -0.15) is 4.98 Å². The lowest BCUT2D eigenvalue weighted by atomic mass is 10.1. The van der Waals surface area contributed by atoms with Crippen LogP contribution >= 0.6 is 23.2 Å². The number of rotatable bonds is 2. The highest BCUT2D eigenvalue weighted by atomic mass is 35.5. The molecule has 0 aliphatic carbocycles. The van der Waals surface area contributed by atoms with Crippen molar-refractivity contribution < 1.29 is 4.74 Å². The van der Waals surface area contributed by atoms with Crippen LogP contribution < -0.4 is 4.74 Å². The molecule has 2 aromatic rings. The summed E-state index contributed by atoms with van der Waals surface area (Å²) in [6.07, 6.45) is 0. The Labute approximate surface area is 116 Å². The number of hydrogen-bond donors (Lipinski definition) is 0. The Hall–Kier alpha value is -1.32. The van der Waals surface area contributed by atoms with Gasteiger partial charge in [0.2, 0.25) is 11.2 Å². The molecule has 18 heavy (non-hydrogen) atoms. The van der Waals surface area contributed by atoms with Crippen LogP contribution in [0, 0.1) is 20.8 Å². The monoisotopic (exact) mass is 282 g/mol. The first-order chi connectivity index (χ1) is 8.45. The molecule has 0 fully saturated rings. The van der Waals surface area contributed by atoms with E-state index in [0.717, 1.165) is 11.1 Å². The van der Waals surface area contributed by atoms with E-state index in [-0.39, 0.29) is 5.28 Å². The van der Waals surface area contributed by atoms with E-state index in [9.17, 15) is 0 Å². The maximum Gasteiger partial charge on any atom is 0.228 e. The van der Waals surface area contributed by atoms with E-state index in [4.69, 9.17) is 27.9 Å². The van der Waals surface area contributed by atoms with Crippen molar-refractivity contribution in [1.29, 1.82) is 0 Å². The molecule has 5 heteroatoms. The Bertz CT molecular complexity index is 580. The van der Waals surface area contributed by atoms with Gasteiger partial charge in [-0.05, 0) is 55.6 Å². The molecule has 1 heterocycles. The summed E-state index contributed by atoms with van der Waals surface area (Å²) in [7, 11) is 0. The third-order valence-electron chi connectivity index (χ3n) is 2.42. The van der Waals surface area contributed by atoms with Crippen molar-refractivity contribution in [3.05, 3.63) is 45.3 Å². The normalized spacial score (nSPS) is 10.5. The summed E-state index contributed by atoms with van der Waals surface area (Å²) in [5.74, 6) is 1.09. The summed E-state index contributed by atoms with van der Waals surface area (Å²) in [6, 6.07) is 5.92. The molecule has 0 N–H and O–H groups in total. The van der Waals surface area contributed by atoms with Crippen molar-refractivity contribution in [2.24, 2.45) is 0 Å². The predicted octanol–water partition coefficient (Wildman–Crippen LogP) is 4.50. The van der Waals surface area contributed by atoms with Gasteiger partial charge in [-0.3, -0.25) is 0 Å². The molecular weight excluding hydrogens is 271 g/mol. The van der Waals surface area contributed by atoms with Gasteiger partial charge in [0.1, 0.15) is 10.9 Å². The number of aromatic nitrogens is 2. The van der Waals surface area contributed by atoms with Crippen LogP contribution in [0.1, 0.15) is 16.7 Å². The molecule has 1 aromatic carbocycles. The average Bonchev–Trinajstić information content (AvgIpc) is 2.23. The summed E-state index contributed by atoms with van der Waals surface area (Å²) in [5, 5.41) is 0.374. The van der Waals surface area contributed by atoms with Crippen LogP contribution in [-0.2, 0) is 0 Å². The molecule has 0 saturated carbocycles. The molecule has 94 valence electrons. The second kappa shape index (κ2) is 5.12. The molecule has 0 spiro atoms. The maximum atomic E-state index is 5.93. The molecule has 0 atom stereocenters. The smallest absolute Gasteiger partial charge is 0.228 e. The minimum atomic E-state index is 0.0741. The standard InChI is InChI=1S/C13H12Cl2N2O/c1-7-4-8(2)6-10(5-7)18-12-9(3)11(14)16-13(15)17-12/h4-6H,1-3H3. The zero-order chi connectivity index (χ0) is 13.3. The molecule has 0 saturated heterocycles. The SMILES string of the molecule is Cc1cc(C)cc(Oc2nc(Cl)nc(Cl)c2C)c1. The van der Waals surface area contributed by atoms with Gasteiger partial charge in [-0.25, -0.2) is 4.98 Å². The van der Waals surface area contributed by atoms with E-state index >= 15 is 0 Å². The fourth-order valence-corrected chi connectivity index (χ4v) is 2.01. The Kier molecular flexibility index (Phi) is 3.73. The molecule has 1 aromatic heterocycles. The second-order valence-corrected chi connectivity index (χ2v) is 4.84. The van der Waals surface area contributed by atoms with Crippen molar-refractivity contribution >= 4 is 23.2 Å². The topological polar surface area (TPSA) is 35.0 Å². The zero-order valence-corrected chi connectivity index (χ0v) is 11.8. The van der Waals surface area contributed by atoms with Gasteiger partial charge in [0.15, 0.2) is 0 Å². The highest BCUT2D eigenvalue weighted by Crippen LogP contribution is 2.29. The summed E-state index contributed by atoms with van der Waals surface area (Å²) in [6.45, 7) is 5.80. The largest absolute Gasteiger partial charge is 0.439 e. The minimum absolute atomic E-state index is 0.0741. The molecule has 0 aliphatic heterocycles. The fourth-order valence-electron chi connectivity index (χ4n) is 1.65. The van der Waals surface area contributed by atoms with Crippen molar-refractivity contribution in [3.8, 4) is 11.6 Å². The number of hydrogen-bond acceptors (Lipinski definition) is 3. The van der Waals surface area contributed by atoms with Crippen LogP contribution in [0.4, 0.5) is 0 Å². The van der Waals surface area contributed by atoms with Crippen molar-refractivity contribution in [2.45, 2.75) is 20.8 Å². The van der Waals surface area contributed by atoms with Gasteiger partial charge in [-0.1, -0.05) is 17.7 Å². The van der Waals surface area contributed by atoms with E-state index in [0.29, 0.717) is 22.3 Å². The third kappa shape index (κ3) is 2.92. The number of aryl methyl sites for hydroxylation is 2. The van der Waals surface area contributed by atoms with Crippen LogP contribution in [0.15, 0.2) is 18.2 Å². The van der Waals surface area contributed by atoms with Gasteiger partial charge in [0, 0.05) is 5.56 Å². The highest BCUT2D eigenvalue weighted by molar-refractivity contribution is 6.32. The minimum Gasteiger partial charge on any atom is -0.439 e. The van der Waals surface area contributed by atoms with Crippen molar-refractivity contribution in [3.63, 3.8) is 0 Å². The van der Waals surface area contributed by atoms with Crippen LogP contribution in [0.3, 0.4) is 0 Å². The van der Waals surface area contributed by atoms with Crippen LogP contribution in [0.25, 0.3) is 0 Å². The number of nitrogens with zero attached hydrogens (tertiary/aromatic N) is 2. The summed E-state index contributed by atoms with van der Waals surface area (Å²) in [5.41, 5.74) is 2.91. The van der Waals surface area contributed by atoms with Crippen LogP contribution in [-0.4, -0.2) is 9.97 Å². The Morgan fingerprint density at radius 3 is 2.17 bits per heavy atom.